The third-order valence-electron chi connectivity index (χ3n) is 5.96. The summed E-state index contributed by atoms with van der Waals surface area (Å²) in [6, 6.07) is 15.7. The van der Waals surface area contributed by atoms with Crippen LogP contribution in [0.3, 0.4) is 0 Å². The van der Waals surface area contributed by atoms with E-state index in [9.17, 15) is 4.79 Å². The Balaban J connectivity index is 1.51. The Morgan fingerprint density at radius 2 is 1.97 bits per heavy atom. The number of ether oxygens (including phenoxy) is 1. The lowest BCUT2D eigenvalue weighted by Gasteiger charge is -2.24. The molecule has 2 aromatic carbocycles. The highest BCUT2D eigenvalue weighted by atomic mass is 16.5. The molecule has 156 valence electrons. The molecule has 0 bridgehead atoms. The number of anilines is 1. The summed E-state index contributed by atoms with van der Waals surface area (Å²) in [5, 5.41) is 7.52. The van der Waals surface area contributed by atoms with Gasteiger partial charge in [-0.25, -0.2) is 0 Å². The predicted molar refractivity (Wildman–Crippen MR) is 118 cm³/mol. The molecule has 1 N–H and O–H groups in total. The normalized spacial score (nSPS) is 16.6. The van der Waals surface area contributed by atoms with Crippen molar-refractivity contribution in [2.24, 2.45) is 7.05 Å². The van der Waals surface area contributed by atoms with E-state index in [0.29, 0.717) is 0 Å². The van der Waals surface area contributed by atoms with Gasteiger partial charge in [0.1, 0.15) is 5.75 Å². The number of likely N-dealkylation sites (tertiary alicyclic amines) is 1. The SMILES string of the molecule is COc1ccc(-c2ccccc2NC(=O)[C@@H]2CCCN2Cc2cnn(C)c2C)cc1. The minimum absolute atomic E-state index is 0.0509. The minimum Gasteiger partial charge on any atom is -0.497 e. The van der Waals surface area contributed by atoms with Crippen LogP contribution >= 0.6 is 0 Å². The Morgan fingerprint density at radius 3 is 2.67 bits per heavy atom. The maximum absolute atomic E-state index is 13.2. The van der Waals surface area contributed by atoms with Gasteiger partial charge in [-0.2, -0.15) is 5.10 Å². The fraction of sp³-hybridized carbons (Fsp3) is 0.333. The van der Waals surface area contributed by atoms with Crippen LogP contribution in [0.4, 0.5) is 5.69 Å². The monoisotopic (exact) mass is 404 g/mol. The maximum atomic E-state index is 13.2. The molecule has 30 heavy (non-hydrogen) atoms. The quantitative estimate of drug-likeness (QED) is 0.674. The second-order valence-electron chi connectivity index (χ2n) is 7.77. The van der Waals surface area contributed by atoms with Gasteiger partial charge < -0.3 is 10.1 Å². The number of benzene rings is 2. The van der Waals surface area contributed by atoms with E-state index < -0.39 is 0 Å². The lowest BCUT2D eigenvalue weighted by Crippen LogP contribution is -2.39. The molecule has 1 aliphatic rings. The van der Waals surface area contributed by atoms with E-state index in [4.69, 9.17) is 4.74 Å². The minimum atomic E-state index is -0.131. The molecule has 1 atom stereocenters. The van der Waals surface area contributed by atoms with E-state index in [2.05, 4.69) is 22.2 Å². The third-order valence-corrected chi connectivity index (χ3v) is 5.96. The Bertz CT molecular complexity index is 1030. The maximum Gasteiger partial charge on any atom is 0.241 e. The first-order chi connectivity index (χ1) is 14.6. The molecule has 1 amide bonds. The molecule has 6 nitrogen and oxygen atoms in total. The van der Waals surface area contributed by atoms with Crippen LogP contribution in [0.25, 0.3) is 11.1 Å². The molecular weight excluding hydrogens is 376 g/mol. The standard InChI is InChI=1S/C24H28N4O2/c1-17-19(15-25-27(17)2)16-28-14-6-9-23(28)24(29)26-22-8-5-4-7-21(22)18-10-12-20(30-3)13-11-18/h4-5,7-8,10-13,15,23H,6,9,14,16H2,1-3H3,(H,26,29)/t23-/m0/s1. The van der Waals surface area contributed by atoms with Gasteiger partial charge in [-0.05, 0) is 50.1 Å². The van der Waals surface area contributed by atoms with Gasteiger partial charge in [-0.1, -0.05) is 30.3 Å². The van der Waals surface area contributed by atoms with Crippen LogP contribution in [-0.2, 0) is 18.4 Å². The molecule has 2 heterocycles. The average Bonchev–Trinajstić information content (AvgIpc) is 3.36. The first-order valence-corrected chi connectivity index (χ1v) is 10.3. The number of carbonyl (C=O) groups excluding carboxylic acids is 1. The summed E-state index contributed by atoms with van der Waals surface area (Å²) < 4.78 is 7.14. The Hall–Kier alpha value is -3.12. The number of hydrogen-bond donors (Lipinski definition) is 1. The molecule has 3 aromatic rings. The van der Waals surface area contributed by atoms with Gasteiger partial charge in [0.25, 0.3) is 0 Å². The van der Waals surface area contributed by atoms with Crippen molar-refractivity contribution in [1.82, 2.24) is 14.7 Å². The van der Waals surface area contributed by atoms with Gasteiger partial charge in [0.2, 0.25) is 5.91 Å². The molecule has 1 aromatic heterocycles. The summed E-state index contributed by atoms with van der Waals surface area (Å²) in [6.07, 6.45) is 3.80. The van der Waals surface area contributed by atoms with Gasteiger partial charge in [0.05, 0.1) is 19.3 Å². The topological polar surface area (TPSA) is 59.4 Å². The second-order valence-corrected chi connectivity index (χ2v) is 7.77. The lowest BCUT2D eigenvalue weighted by atomic mass is 10.0. The zero-order chi connectivity index (χ0) is 21.1. The molecule has 0 saturated carbocycles. The van der Waals surface area contributed by atoms with Gasteiger partial charge in [-0.3, -0.25) is 14.4 Å². The Labute approximate surface area is 177 Å². The number of methoxy groups -OCH3 is 1. The predicted octanol–water partition coefficient (Wildman–Crippen LogP) is 4.01. The van der Waals surface area contributed by atoms with Crippen molar-refractivity contribution in [2.75, 3.05) is 19.0 Å². The largest absolute Gasteiger partial charge is 0.497 e. The van der Waals surface area contributed by atoms with Crippen molar-refractivity contribution in [2.45, 2.75) is 32.4 Å². The number of nitrogens with zero attached hydrogens (tertiary/aromatic N) is 3. The number of carbonyl (C=O) groups is 1. The van der Waals surface area contributed by atoms with E-state index in [1.54, 1.807) is 7.11 Å². The number of rotatable bonds is 6. The van der Waals surface area contributed by atoms with E-state index in [-0.39, 0.29) is 11.9 Å². The molecule has 4 rings (SSSR count). The van der Waals surface area contributed by atoms with Crippen molar-refractivity contribution in [3.63, 3.8) is 0 Å². The highest BCUT2D eigenvalue weighted by Crippen LogP contribution is 2.30. The van der Waals surface area contributed by atoms with Crippen LogP contribution in [0.1, 0.15) is 24.1 Å². The van der Waals surface area contributed by atoms with Crippen molar-refractivity contribution in [1.29, 1.82) is 0 Å². The number of hydrogen-bond acceptors (Lipinski definition) is 4. The third kappa shape index (κ3) is 4.09. The number of aryl methyl sites for hydroxylation is 1. The molecule has 1 saturated heterocycles. The van der Waals surface area contributed by atoms with Crippen molar-refractivity contribution in [3.05, 3.63) is 66.0 Å². The van der Waals surface area contributed by atoms with Crippen LogP contribution in [0.15, 0.2) is 54.7 Å². The molecule has 6 heteroatoms. The smallest absolute Gasteiger partial charge is 0.241 e. The van der Waals surface area contributed by atoms with E-state index in [1.807, 2.05) is 66.5 Å². The summed E-state index contributed by atoms with van der Waals surface area (Å²) in [5.41, 5.74) is 5.20. The average molecular weight is 405 g/mol. The van der Waals surface area contributed by atoms with E-state index in [0.717, 1.165) is 54.2 Å². The van der Waals surface area contributed by atoms with Crippen molar-refractivity contribution < 1.29 is 9.53 Å². The Kier molecular flexibility index (Phi) is 5.86. The van der Waals surface area contributed by atoms with Gasteiger partial charge >= 0.3 is 0 Å². The van der Waals surface area contributed by atoms with E-state index >= 15 is 0 Å². The van der Waals surface area contributed by atoms with Gasteiger partial charge in [0.15, 0.2) is 0 Å². The van der Waals surface area contributed by atoms with Crippen molar-refractivity contribution in [3.8, 4) is 16.9 Å². The zero-order valence-electron chi connectivity index (χ0n) is 17.8. The first-order valence-electron chi connectivity index (χ1n) is 10.3. The number of aromatic nitrogens is 2. The first kappa shape index (κ1) is 20.2. The molecule has 0 aliphatic carbocycles. The van der Waals surface area contributed by atoms with Gasteiger partial charge in [-0.15, -0.1) is 0 Å². The molecule has 0 unspecified atom stereocenters. The molecule has 1 aliphatic heterocycles. The number of nitrogens with one attached hydrogen (secondary N) is 1. The molecule has 0 radical (unpaired) electrons. The fourth-order valence-corrected chi connectivity index (χ4v) is 4.06. The summed E-state index contributed by atoms with van der Waals surface area (Å²) in [6.45, 7) is 3.74. The highest BCUT2D eigenvalue weighted by molar-refractivity contribution is 5.98. The highest BCUT2D eigenvalue weighted by Gasteiger charge is 2.31. The van der Waals surface area contributed by atoms with Crippen LogP contribution in [0.5, 0.6) is 5.75 Å². The zero-order valence-corrected chi connectivity index (χ0v) is 17.8. The number of para-hydroxylation sites is 1. The van der Waals surface area contributed by atoms with Crippen LogP contribution in [0.2, 0.25) is 0 Å². The molecule has 0 spiro atoms. The second kappa shape index (κ2) is 8.71. The van der Waals surface area contributed by atoms with Crippen LogP contribution in [0, 0.1) is 6.92 Å². The van der Waals surface area contributed by atoms with E-state index in [1.165, 1.54) is 5.56 Å². The summed E-state index contributed by atoms with van der Waals surface area (Å²) in [4.78, 5) is 15.5. The molecular formula is C24H28N4O2. The van der Waals surface area contributed by atoms with Crippen LogP contribution < -0.4 is 10.1 Å². The van der Waals surface area contributed by atoms with Crippen LogP contribution in [-0.4, -0.2) is 40.3 Å². The van der Waals surface area contributed by atoms with Gasteiger partial charge in [0, 0.05) is 36.1 Å². The number of amides is 1. The molecule has 1 fully saturated rings. The summed E-state index contributed by atoms with van der Waals surface area (Å²) in [5.74, 6) is 0.863. The summed E-state index contributed by atoms with van der Waals surface area (Å²) in [7, 11) is 3.60. The fourth-order valence-electron chi connectivity index (χ4n) is 4.06. The Morgan fingerprint density at radius 1 is 1.20 bits per heavy atom. The van der Waals surface area contributed by atoms with Crippen molar-refractivity contribution >= 4 is 11.6 Å². The summed E-state index contributed by atoms with van der Waals surface area (Å²) >= 11 is 0. The lowest BCUT2D eigenvalue weighted by molar-refractivity contribution is -0.120.